The monoisotopic (exact) mass is 343 g/mol. The molecule has 0 radical (unpaired) electrons. The molecule has 0 fully saturated rings. The van der Waals surface area contributed by atoms with Crippen molar-refractivity contribution in [1.29, 1.82) is 0 Å². The summed E-state index contributed by atoms with van der Waals surface area (Å²) in [4.78, 5) is 24.7. The predicted octanol–water partition coefficient (Wildman–Crippen LogP) is 2.82. The van der Waals surface area contributed by atoms with E-state index in [1.165, 1.54) is 0 Å². The first-order chi connectivity index (χ1) is 12.0. The van der Waals surface area contributed by atoms with Crippen molar-refractivity contribution in [2.24, 2.45) is 0 Å². The molecule has 2 aromatic rings. The van der Waals surface area contributed by atoms with Crippen LogP contribution in [0.5, 0.6) is 11.5 Å². The van der Waals surface area contributed by atoms with Crippen LogP contribution in [0.15, 0.2) is 48.5 Å². The zero-order valence-electron chi connectivity index (χ0n) is 14.3. The van der Waals surface area contributed by atoms with Crippen LogP contribution in [0.1, 0.15) is 22.8 Å². The number of carbonyl (C=O) groups excluding carboxylic acids is 1. The van der Waals surface area contributed by atoms with Crippen molar-refractivity contribution < 1.29 is 24.2 Å². The molecule has 6 nitrogen and oxygen atoms in total. The average Bonchev–Trinajstić information content (AvgIpc) is 2.61. The molecule has 0 saturated heterocycles. The predicted molar refractivity (Wildman–Crippen MR) is 93.0 cm³/mol. The number of amides is 1. The number of hydrogen-bond donors (Lipinski definition) is 1. The molecule has 25 heavy (non-hydrogen) atoms. The number of para-hydroxylation sites is 1. The van der Waals surface area contributed by atoms with Crippen molar-refractivity contribution in [2.75, 3.05) is 20.3 Å². The SMILES string of the molecule is CCOc1ccccc1C(=O)N(C)Cc1ccc(OCC(=O)O)cc1. The highest BCUT2D eigenvalue weighted by Gasteiger charge is 2.16. The number of carboxylic acids is 1. The van der Waals surface area contributed by atoms with Crippen LogP contribution in [0.25, 0.3) is 0 Å². The Balaban J connectivity index is 2.02. The van der Waals surface area contributed by atoms with Gasteiger partial charge in [-0.15, -0.1) is 0 Å². The van der Waals surface area contributed by atoms with Crippen LogP contribution in [0.4, 0.5) is 0 Å². The van der Waals surface area contributed by atoms with E-state index in [9.17, 15) is 9.59 Å². The highest BCUT2D eigenvalue weighted by molar-refractivity contribution is 5.96. The summed E-state index contributed by atoms with van der Waals surface area (Å²) < 4.78 is 10.6. The fraction of sp³-hybridized carbons (Fsp3) is 0.263. The standard InChI is InChI=1S/C19H21NO5/c1-3-24-17-7-5-4-6-16(17)19(23)20(2)12-14-8-10-15(11-9-14)25-13-18(21)22/h4-11H,3,12-13H2,1-2H3,(H,21,22). The Morgan fingerprint density at radius 3 is 2.36 bits per heavy atom. The van der Waals surface area contributed by atoms with Gasteiger partial charge in [0.2, 0.25) is 0 Å². The molecule has 0 bridgehead atoms. The molecule has 6 heteroatoms. The summed E-state index contributed by atoms with van der Waals surface area (Å²) >= 11 is 0. The van der Waals surface area contributed by atoms with Gasteiger partial charge in [0, 0.05) is 13.6 Å². The van der Waals surface area contributed by atoms with Gasteiger partial charge in [-0.2, -0.15) is 0 Å². The van der Waals surface area contributed by atoms with Gasteiger partial charge in [0.05, 0.1) is 12.2 Å². The van der Waals surface area contributed by atoms with Crippen LogP contribution in [0.2, 0.25) is 0 Å². The molecule has 0 atom stereocenters. The fourth-order valence-corrected chi connectivity index (χ4v) is 2.31. The van der Waals surface area contributed by atoms with Crippen LogP contribution in [-0.2, 0) is 11.3 Å². The molecule has 0 unspecified atom stereocenters. The van der Waals surface area contributed by atoms with E-state index in [0.717, 1.165) is 5.56 Å². The Morgan fingerprint density at radius 2 is 1.72 bits per heavy atom. The number of nitrogens with zero attached hydrogens (tertiary/aromatic N) is 1. The summed E-state index contributed by atoms with van der Waals surface area (Å²) in [6, 6.07) is 14.1. The van der Waals surface area contributed by atoms with Gasteiger partial charge in [-0.05, 0) is 36.8 Å². The first-order valence-electron chi connectivity index (χ1n) is 7.92. The Labute approximate surface area is 146 Å². The number of hydrogen-bond acceptors (Lipinski definition) is 4. The summed E-state index contributed by atoms with van der Waals surface area (Å²) in [6.45, 7) is 2.40. The van der Waals surface area contributed by atoms with Crippen molar-refractivity contribution in [3.8, 4) is 11.5 Å². The summed E-state index contributed by atoms with van der Waals surface area (Å²) in [7, 11) is 1.72. The largest absolute Gasteiger partial charge is 0.493 e. The van der Waals surface area contributed by atoms with Crippen molar-refractivity contribution in [1.82, 2.24) is 4.90 Å². The first-order valence-corrected chi connectivity index (χ1v) is 7.92. The molecule has 2 rings (SSSR count). The minimum atomic E-state index is -1.03. The molecule has 132 valence electrons. The van der Waals surface area contributed by atoms with Crippen LogP contribution < -0.4 is 9.47 Å². The highest BCUT2D eigenvalue weighted by Crippen LogP contribution is 2.21. The van der Waals surface area contributed by atoms with Crippen molar-refractivity contribution in [3.63, 3.8) is 0 Å². The minimum absolute atomic E-state index is 0.129. The normalized spacial score (nSPS) is 10.2. The Bertz CT molecular complexity index is 727. The van der Waals surface area contributed by atoms with Gasteiger partial charge in [-0.25, -0.2) is 4.79 Å². The molecular formula is C19H21NO5. The van der Waals surface area contributed by atoms with Crippen LogP contribution >= 0.6 is 0 Å². The quantitative estimate of drug-likeness (QED) is 0.798. The van der Waals surface area contributed by atoms with Gasteiger partial charge < -0.3 is 19.5 Å². The molecule has 0 spiro atoms. The van der Waals surface area contributed by atoms with Gasteiger partial charge in [0.25, 0.3) is 5.91 Å². The second-order valence-corrected chi connectivity index (χ2v) is 5.42. The molecule has 1 N–H and O–H groups in total. The molecule has 0 aliphatic carbocycles. The maximum atomic E-state index is 12.6. The average molecular weight is 343 g/mol. The lowest BCUT2D eigenvalue weighted by molar-refractivity contribution is -0.139. The topological polar surface area (TPSA) is 76.1 Å². The third kappa shape index (κ3) is 5.24. The lowest BCUT2D eigenvalue weighted by Gasteiger charge is -2.19. The summed E-state index contributed by atoms with van der Waals surface area (Å²) in [6.07, 6.45) is 0. The molecule has 1 amide bonds. The van der Waals surface area contributed by atoms with E-state index >= 15 is 0 Å². The van der Waals surface area contributed by atoms with E-state index in [4.69, 9.17) is 14.6 Å². The third-order valence-electron chi connectivity index (χ3n) is 3.47. The van der Waals surface area contributed by atoms with E-state index < -0.39 is 5.97 Å². The molecule has 0 aliphatic heterocycles. The lowest BCUT2D eigenvalue weighted by atomic mass is 10.1. The second kappa shape index (κ2) is 8.73. The maximum absolute atomic E-state index is 12.6. The third-order valence-corrected chi connectivity index (χ3v) is 3.47. The van der Waals surface area contributed by atoms with Crippen molar-refractivity contribution in [3.05, 3.63) is 59.7 Å². The van der Waals surface area contributed by atoms with Crippen LogP contribution in [0, 0.1) is 0 Å². The second-order valence-electron chi connectivity index (χ2n) is 5.42. The van der Waals surface area contributed by atoms with Gasteiger partial charge in [-0.1, -0.05) is 24.3 Å². The number of benzene rings is 2. The van der Waals surface area contributed by atoms with Gasteiger partial charge >= 0.3 is 5.97 Å². The number of aliphatic carboxylic acids is 1. The highest BCUT2D eigenvalue weighted by atomic mass is 16.5. The zero-order valence-corrected chi connectivity index (χ0v) is 14.3. The van der Waals surface area contributed by atoms with Crippen LogP contribution in [0.3, 0.4) is 0 Å². The number of ether oxygens (including phenoxy) is 2. The molecular weight excluding hydrogens is 322 g/mol. The van der Waals surface area contributed by atoms with Gasteiger partial charge in [0.15, 0.2) is 6.61 Å². The Kier molecular flexibility index (Phi) is 6.39. The molecule has 0 saturated carbocycles. The van der Waals surface area contributed by atoms with Gasteiger partial charge in [-0.3, -0.25) is 4.79 Å². The van der Waals surface area contributed by atoms with E-state index in [0.29, 0.717) is 30.2 Å². The molecule has 2 aromatic carbocycles. The lowest BCUT2D eigenvalue weighted by Crippen LogP contribution is -2.26. The summed E-state index contributed by atoms with van der Waals surface area (Å²) in [5, 5.41) is 8.60. The molecule has 0 aromatic heterocycles. The van der Waals surface area contributed by atoms with E-state index in [-0.39, 0.29) is 12.5 Å². The Morgan fingerprint density at radius 1 is 1.04 bits per heavy atom. The molecule has 0 aliphatic rings. The summed E-state index contributed by atoms with van der Waals surface area (Å²) in [5.41, 5.74) is 1.43. The Hall–Kier alpha value is -3.02. The number of rotatable bonds is 8. The smallest absolute Gasteiger partial charge is 0.341 e. The van der Waals surface area contributed by atoms with Crippen LogP contribution in [-0.4, -0.2) is 42.1 Å². The minimum Gasteiger partial charge on any atom is -0.493 e. The maximum Gasteiger partial charge on any atom is 0.341 e. The first kappa shape index (κ1) is 18.3. The van der Waals surface area contributed by atoms with E-state index in [1.807, 2.05) is 13.0 Å². The zero-order chi connectivity index (χ0) is 18.2. The van der Waals surface area contributed by atoms with Crippen molar-refractivity contribution >= 4 is 11.9 Å². The van der Waals surface area contributed by atoms with E-state index in [1.54, 1.807) is 54.4 Å². The van der Waals surface area contributed by atoms with Crippen molar-refractivity contribution in [2.45, 2.75) is 13.5 Å². The molecule has 0 heterocycles. The fourth-order valence-electron chi connectivity index (χ4n) is 2.31. The number of carboxylic acid groups (broad SMARTS) is 1. The number of carbonyl (C=O) groups is 2. The summed E-state index contributed by atoms with van der Waals surface area (Å²) in [5.74, 6) is -0.112. The van der Waals surface area contributed by atoms with Gasteiger partial charge in [0.1, 0.15) is 11.5 Å². The van der Waals surface area contributed by atoms with E-state index in [2.05, 4.69) is 0 Å².